The third kappa shape index (κ3) is 2.63. The lowest BCUT2D eigenvalue weighted by atomic mass is 10.0. The summed E-state index contributed by atoms with van der Waals surface area (Å²) in [7, 11) is 3.37. The predicted molar refractivity (Wildman–Crippen MR) is 101 cm³/mol. The molecule has 5 aromatic rings. The van der Waals surface area contributed by atoms with Gasteiger partial charge in [0.25, 0.3) is 0 Å². The summed E-state index contributed by atoms with van der Waals surface area (Å²) in [6, 6.07) is 5.52. The summed E-state index contributed by atoms with van der Waals surface area (Å²) < 4.78 is 14.1. The number of rotatable bonds is 4. The minimum atomic E-state index is 0.427. The molecule has 0 unspecified atom stereocenters. The van der Waals surface area contributed by atoms with Crippen LogP contribution in [0.3, 0.4) is 0 Å². The van der Waals surface area contributed by atoms with Crippen LogP contribution < -0.4 is 4.74 Å². The van der Waals surface area contributed by atoms with Crippen molar-refractivity contribution in [1.29, 1.82) is 0 Å². The van der Waals surface area contributed by atoms with Gasteiger partial charge in [0.15, 0.2) is 17.3 Å². The molecule has 11 heteroatoms. The number of fused-ring (bicyclic) bond motifs is 1. The van der Waals surface area contributed by atoms with E-state index in [0.717, 1.165) is 5.56 Å². The van der Waals surface area contributed by atoms with Crippen molar-refractivity contribution < 1.29 is 9.26 Å². The number of aromatic nitrogens is 9. The van der Waals surface area contributed by atoms with Gasteiger partial charge in [-0.3, -0.25) is 4.98 Å². The van der Waals surface area contributed by atoms with Crippen LogP contribution in [0.1, 0.15) is 5.76 Å². The van der Waals surface area contributed by atoms with Gasteiger partial charge in [-0.25, -0.2) is 9.67 Å². The molecule has 0 aliphatic carbocycles. The second-order valence-electron chi connectivity index (χ2n) is 6.29. The fourth-order valence-electron chi connectivity index (χ4n) is 3.16. The zero-order valence-corrected chi connectivity index (χ0v) is 15.8. The number of aryl methyl sites for hydroxylation is 2. The van der Waals surface area contributed by atoms with Gasteiger partial charge in [0.2, 0.25) is 11.5 Å². The van der Waals surface area contributed by atoms with Gasteiger partial charge in [-0.1, -0.05) is 11.2 Å². The molecule has 0 amide bonds. The van der Waals surface area contributed by atoms with E-state index in [9.17, 15) is 0 Å². The Morgan fingerprint density at radius 3 is 2.72 bits per heavy atom. The van der Waals surface area contributed by atoms with Crippen molar-refractivity contribution in [3.05, 3.63) is 42.7 Å². The average Bonchev–Trinajstić information content (AvgIpc) is 3.46. The molecule has 5 heterocycles. The van der Waals surface area contributed by atoms with Crippen molar-refractivity contribution in [1.82, 2.24) is 44.7 Å². The molecule has 0 N–H and O–H groups in total. The van der Waals surface area contributed by atoms with Gasteiger partial charge >= 0.3 is 0 Å². The highest BCUT2D eigenvalue weighted by molar-refractivity contribution is 5.87. The summed E-state index contributed by atoms with van der Waals surface area (Å²) in [5, 5.41) is 21.5. The largest absolute Gasteiger partial charge is 0.492 e. The van der Waals surface area contributed by atoms with Crippen molar-refractivity contribution >= 4 is 5.65 Å². The topological polar surface area (TPSA) is 122 Å². The second kappa shape index (κ2) is 6.48. The lowest BCUT2D eigenvalue weighted by Gasteiger charge is -2.14. The van der Waals surface area contributed by atoms with Crippen molar-refractivity contribution in [3.8, 4) is 39.9 Å². The molecule has 5 rings (SSSR count). The van der Waals surface area contributed by atoms with Gasteiger partial charge in [-0.05, 0) is 13.0 Å². The first-order chi connectivity index (χ1) is 14.2. The molecule has 0 aliphatic rings. The van der Waals surface area contributed by atoms with Crippen molar-refractivity contribution in [2.45, 2.75) is 6.92 Å². The quantitative estimate of drug-likeness (QED) is 0.454. The van der Waals surface area contributed by atoms with E-state index in [1.54, 1.807) is 48.7 Å². The summed E-state index contributed by atoms with van der Waals surface area (Å²) >= 11 is 0. The number of hydrogen-bond acceptors (Lipinski definition) is 9. The molecule has 0 fully saturated rings. The van der Waals surface area contributed by atoms with E-state index in [4.69, 9.17) is 14.4 Å². The molecule has 5 aromatic heterocycles. The minimum absolute atomic E-state index is 0.427. The molecule has 11 nitrogen and oxygen atoms in total. The average molecular weight is 389 g/mol. The Balaban J connectivity index is 1.89. The first-order valence-corrected chi connectivity index (χ1v) is 8.69. The number of hydrogen-bond donors (Lipinski definition) is 0. The fraction of sp³-hybridized carbons (Fsp3) is 0.167. The molecule has 0 atom stereocenters. The third-order valence-electron chi connectivity index (χ3n) is 4.44. The minimum Gasteiger partial charge on any atom is -0.492 e. The Bertz CT molecular complexity index is 1320. The SMILES string of the molecule is COc1c(-c2cccnc2)c(-c2ncnn2C)nn2c(-c3cc(C)on3)nnc12. The van der Waals surface area contributed by atoms with Crippen LogP contribution in [0.25, 0.3) is 39.8 Å². The van der Waals surface area contributed by atoms with E-state index in [-0.39, 0.29) is 0 Å². The molecule has 0 saturated heterocycles. The first kappa shape index (κ1) is 17.0. The molecule has 0 saturated carbocycles. The summed E-state index contributed by atoms with van der Waals surface area (Å²) in [4.78, 5) is 8.60. The summed E-state index contributed by atoms with van der Waals surface area (Å²) in [5.74, 6) is 2.13. The maximum Gasteiger partial charge on any atom is 0.221 e. The van der Waals surface area contributed by atoms with Gasteiger partial charge < -0.3 is 9.26 Å². The Kier molecular flexibility index (Phi) is 3.79. The number of ether oxygens (including phenoxy) is 1. The van der Waals surface area contributed by atoms with Gasteiger partial charge in [0, 0.05) is 31.1 Å². The fourth-order valence-corrected chi connectivity index (χ4v) is 3.16. The summed E-state index contributed by atoms with van der Waals surface area (Å²) in [6.07, 6.45) is 4.90. The molecule has 29 heavy (non-hydrogen) atoms. The normalized spacial score (nSPS) is 11.3. The van der Waals surface area contributed by atoms with E-state index in [2.05, 4.69) is 30.4 Å². The van der Waals surface area contributed by atoms with Crippen LogP contribution in [-0.2, 0) is 7.05 Å². The van der Waals surface area contributed by atoms with Crippen LogP contribution in [0.4, 0.5) is 0 Å². The maximum absolute atomic E-state index is 5.75. The highest BCUT2D eigenvalue weighted by Gasteiger charge is 2.26. The van der Waals surface area contributed by atoms with Crippen LogP contribution in [0, 0.1) is 6.92 Å². The Morgan fingerprint density at radius 2 is 2.07 bits per heavy atom. The molecule has 0 radical (unpaired) electrons. The standard InChI is InChI=1S/C18H15N9O2/c1-10-7-12(25-29-10)16-22-23-18-15(28-3)13(11-5-4-6-19-8-11)14(24-27(16)18)17-20-9-21-26(17)2/h4-9H,1-3H3. The number of nitrogens with zero attached hydrogens (tertiary/aromatic N) is 9. The number of pyridine rings is 1. The molecular weight excluding hydrogens is 374 g/mol. The van der Waals surface area contributed by atoms with Crippen molar-refractivity contribution in [3.63, 3.8) is 0 Å². The Labute approximate surface area is 164 Å². The van der Waals surface area contributed by atoms with Crippen LogP contribution in [0.2, 0.25) is 0 Å². The lowest BCUT2D eigenvalue weighted by Crippen LogP contribution is -2.06. The van der Waals surface area contributed by atoms with E-state index in [1.165, 1.54) is 6.33 Å². The highest BCUT2D eigenvalue weighted by Crippen LogP contribution is 2.39. The zero-order chi connectivity index (χ0) is 20.0. The molecule has 144 valence electrons. The summed E-state index contributed by atoms with van der Waals surface area (Å²) in [5.41, 5.74) is 3.00. The second-order valence-corrected chi connectivity index (χ2v) is 6.29. The van der Waals surface area contributed by atoms with Crippen LogP contribution in [0.15, 0.2) is 41.4 Å². The zero-order valence-electron chi connectivity index (χ0n) is 15.8. The summed E-state index contributed by atoms with van der Waals surface area (Å²) in [6.45, 7) is 1.80. The lowest BCUT2D eigenvalue weighted by molar-refractivity contribution is 0.399. The van der Waals surface area contributed by atoms with Gasteiger partial charge in [-0.15, -0.1) is 10.2 Å². The number of methoxy groups -OCH3 is 1. The smallest absolute Gasteiger partial charge is 0.221 e. The molecule has 0 aromatic carbocycles. The molecule has 0 spiro atoms. The van der Waals surface area contributed by atoms with Crippen LogP contribution in [-0.4, -0.2) is 51.8 Å². The van der Waals surface area contributed by atoms with E-state index >= 15 is 0 Å². The molecular formula is C18H15N9O2. The molecule has 0 bridgehead atoms. The Hall–Kier alpha value is -4.15. The van der Waals surface area contributed by atoms with Gasteiger partial charge in [-0.2, -0.15) is 14.7 Å². The highest BCUT2D eigenvalue weighted by atomic mass is 16.5. The monoisotopic (exact) mass is 389 g/mol. The van der Waals surface area contributed by atoms with E-state index in [0.29, 0.717) is 45.8 Å². The van der Waals surface area contributed by atoms with Gasteiger partial charge in [0.05, 0.1) is 12.7 Å². The van der Waals surface area contributed by atoms with Gasteiger partial charge in [0.1, 0.15) is 17.8 Å². The maximum atomic E-state index is 5.75. The Morgan fingerprint density at radius 1 is 1.17 bits per heavy atom. The van der Waals surface area contributed by atoms with E-state index < -0.39 is 0 Å². The van der Waals surface area contributed by atoms with Crippen molar-refractivity contribution in [2.75, 3.05) is 7.11 Å². The van der Waals surface area contributed by atoms with Crippen LogP contribution in [0.5, 0.6) is 5.75 Å². The van der Waals surface area contributed by atoms with E-state index in [1.807, 2.05) is 12.1 Å². The predicted octanol–water partition coefficient (Wildman–Crippen LogP) is 1.95. The first-order valence-electron chi connectivity index (χ1n) is 8.69. The van der Waals surface area contributed by atoms with Crippen molar-refractivity contribution in [2.24, 2.45) is 7.05 Å². The van der Waals surface area contributed by atoms with Crippen LogP contribution >= 0.6 is 0 Å². The third-order valence-corrected chi connectivity index (χ3v) is 4.44. The molecule has 0 aliphatic heterocycles.